The number of hydrogen-bond acceptors (Lipinski definition) is 7. The topological polar surface area (TPSA) is 131 Å². The van der Waals surface area contributed by atoms with E-state index in [0.717, 1.165) is 18.0 Å². The summed E-state index contributed by atoms with van der Waals surface area (Å²) in [6.07, 6.45) is 9.23. The summed E-state index contributed by atoms with van der Waals surface area (Å²) in [6, 6.07) is 3.62. The molecule has 0 aliphatic heterocycles. The largest absolute Gasteiger partial charge is 0.481 e. The molecule has 4 aromatic heterocycles. The number of halogens is 1. The van der Waals surface area contributed by atoms with Crippen LogP contribution in [0.3, 0.4) is 0 Å². The van der Waals surface area contributed by atoms with Gasteiger partial charge in [0.1, 0.15) is 11.2 Å². The minimum atomic E-state index is -0.613. The minimum Gasteiger partial charge on any atom is -0.481 e. The van der Waals surface area contributed by atoms with Crippen molar-refractivity contribution in [2.45, 2.75) is 39.0 Å². The van der Waals surface area contributed by atoms with Gasteiger partial charge in [0.15, 0.2) is 23.1 Å². The number of aliphatic carboxylic acids is 1. The number of nitrogen functional groups attached to an aromatic ring is 1. The fourth-order valence-electron chi connectivity index (χ4n) is 5.00. The van der Waals surface area contributed by atoms with E-state index < -0.39 is 11.8 Å². The van der Waals surface area contributed by atoms with Crippen molar-refractivity contribution in [2.75, 3.05) is 5.73 Å². The van der Waals surface area contributed by atoms with Crippen molar-refractivity contribution >= 4 is 34.3 Å². The highest BCUT2D eigenvalue weighted by atomic mass is 32.1. The van der Waals surface area contributed by atoms with Crippen molar-refractivity contribution in [2.24, 2.45) is 17.8 Å². The first-order valence-corrected chi connectivity index (χ1v) is 12.2. The van der Waals surface area contributed by atoms with Crippen LogP contribution >= 0.6 is 11.3 Å². The molecule has 3 aliphatic rings. The Morgan fingerprint density at radius 1 is 1.24 bits per heavy atom. The Hall–Kier alpha value is -3.40. The molecule has 8 nitrogen and oxygen atoms in total. The highest BCUT2D eigenvalue weighted by Crippen LogP contribution is 2.44. The lowest BCUT2D eigenvalue weighted by Crippen LogP contribution is -2.35. The zero-order chi connectivity index (χ0) is 23.8. The maximum atomic E-state index is 14.3. The van der Waals surface area contributed by atoms with E-state index in [1.54, 1.807) is 18.5 Å². The second-order valence-electron chi connectivity index (χ2n) is 8.94. The summed E-state index contributed by atoms with van der Waals surface area (Å²) in [5.41, 5.74) is 8.61. The van der Waals surface area contributed by atoms with Crippen LogP contribution in [0.4, 0.5) is 10.2 Å². The van der Waals surface area contributed by atoms with Gasteiger partial charge in [-0.25, -0.2) is 19.3 Å². The molecular weight excluding hydrogens is 455 g/mol. The molecule has 1 atom stereocenters. The molecule has 0 amide bonds. The number of fused-ring (bicyclic) bond motifs is 4. The zero-order valence-electron chi connectivity index (χ0n) is 18.7. The lowest BCUT2D eigenvalue weighted by Gasteiger charge is -2.40. The third kappa shape index (κ3) is 4.25. The molecular formula is C24H25FN6O2S. The first kappa shape index (κ1) is 22.4. The van der Waals surface area contributed by atoms with Crippen LogP contribution in [0.2, 0.25) is 0 Å². The molecule has 0 spiro atoms. The summed E-state index contributed by atoms with van der Waals surface area (Å²) < 4.78 is 14.3. The molecule has 2 bridgehead atoms. The van der Waals surface area contributed by atoms with Gasteiger partial charge in [0.05, 0.1) is 22.1 Å². The first-order valence-electron chi connectivity index (χ1n) is 11.3. The Morgan fingerprint density at radius 2 is 2.03 bits per heavy atom. The lowest BCUT2D eigenvalue weighted by atomic mass is 9.65. The van der Waals surface area contributed by atoms with Crippen LogP contribution in [0, 0.1) is 30.5 Å². The van der Waals surface area contributed by atoms with Crippen LogP contribution in [-0.4, -0.2) is 36.0 Å². The Balaban J connectivity index is 0.000000183. The smallest absolute Gasteiger partial charge is 0.306 e. The SMILES string of the molecule is Cc1cnc2c(-c3nc(N)c(F)c(-c4cccs4)n3)c[nH]c2n1.O=C(O)C1CC2CCC1CC2. The van der Waals surface area contributed by atoms with E-state index in [-0.39, 0.29) is 17.4 Å². The van der Waals surface area contributed by atoms with Crippen molar-refractivity contribution in [1.82, 2.24) is 24.9 Å². The molecule has 1 unspecified atom stereocenters. The molecule has 4 N–H and O–H groups in total. The fourth-order valence-corrected chi connectivity index (χ4v) is 5.70. The van der Waals surface area contributed by atoms with Crippen molar-refractivity contribution in [3.8, 4) is 22.0 Å². The molecule has 3 fully saturated rings. The van der Waals surface area contributed by atoms with Gasteiger partial charge in [0.2, 0.25) is 0 Å². The van der Waals surface area contributed by atoms with E-state index in [9.17, 15) is 9.18 Å². The minimum absolute atomic E-state index is 0.00231. The number of aromatic amines is 1. The number of aromatic nitrogens is 5. The normalized spacial score (nSPS) is 21.3. The Labute approximate surface area is 199 Å². The number of nitrogens with zero attached hydrogens (tertiary/aromatic N) is 4. The molecule has 0 saturated heterocycles. The Bertz CT molecular complexity index is 1330. The predicted octanol–water partition coefficient (Wildman–Crippen LogP) is 5.07. The van der Waals surface area contributed by atoms with E-state index in [0.29, 0.717) is 33.3 Å². The average molecular weight is 481 g/mol. The Kier molecular flexibility index (Phi) is 5.99. The van der Waals surface area contributed by atoms with Crippen LogP contribution in [-0.2, 0) is 4.79 Å². The summed E-state index contributed by atoms with van der Waals surface area (Å²) >= 11 is 1.39. The summed E-state index contributed by atoms with van der Waals surface area (Å²) in [4.78, 5) is 31.6. The number of rotatable bonds is 3. The molecule has 4 heterocycles. The summed E-state index contributed by atoms with van der Waals surface area (Å²) in [6.45, 7) is 1.86. The number of hydrogen-bond donors (Lipinski definition) is 3. The first-order chi connectivity index (χ1) is 16.4. The molecule has 10 heteroatoms. The van der Waals surface area contributed by atoms with Gasteiger partial charge in [0.25, 0.3) is 0 Å². The maximum absolute atomic E-state index is 14.3. The van der Waals surface area contributed by atoms with E-state index in [1.165, 1.54) is 37.0 Å². The molecule has 4 aromatic rings. The van der Waals surface area contributed by atoms with Gasteiger partial charge in [-0.15, -0.1) is 11.3 Å². The number of carbonyl (C=O) groups is 1. The van der Waals surface area contributed by atoms with Crippen molar-refractivity contribution in [1.29, 1.82) is 0 Å². The Morgan fingerprint density at radius 3 is 2.65 bits per heavy atom. The second-order valence-corrected chi connectivity index (χ2v) is 9.89. The summed E-state index contributed by atoms with van der Waals surface area (Å²) in [7, 11) is 0. The molecule has 3 aliphatic carbocycles. The van der Waals surface area contributed by atoms with E-state index in [4.69, 9.17) is 10.8 Å². The van der Waals surface area contributed by atoms with Crippen LogP contribution in [0.5, 0.6) is 0 Å². The molecule has 0 aromatic carbocycles. The van der Waals surface area contributed by atoms with Gasteiger partial charge in [-0.3, -0.25) is 9.78 Å². The number of anilines is 1. The monoisotopic (exact) mass is 480 g/mol. The standard InChI is InChI=1S/C15H11FN6S.C9H14O2/c1-7-5-18-11-8(6-19-15(11)20-7)14-21-12(9-3-2-4-23-9)10(16)13(17)22-14;10-9(11)8-5-6-1-3-7(8)4-2-6/h2-6H,1H3,(H,19,20)(H2,17,21,22);6-8H,1-5H2,(H,10,11). The maximum Gasteiger partial charge on any atom is 0.306 e. The van der Waals surface area contributed by atoms with Gasteiger partial charge >= 0.3 is 5.97 Å². The van der Waals surface area contributed by atoms with Gasteiger partial charge in [-0.1, -0.05) is 18.9 Å². The number of carboxylic acid groups (broad SMARTS) is 1. The molecule has 3 saturated carbocycles. The number of nitrogens with two attached hydrogens (primary N) is 1. The van der Waals surface area contributed by atoms with Gasteiger partial charge in [-0.05, 0) is 49.5 Å². The third-order valence-electron chi connectivity index (χ3n) is 6.74. The highest BCUT2D eigenvalue weighted by molar-refractivity contribution is 7.13. The fraction of sp³-hybridized carbons (Fsp3) is 0.375. The van der Waals surface area contributed by atoms with Crippen molar-refractivity contribution in [3.05, 3.63) is 41.4 Å². The van der Waals surface area contributed by atoms with Crippen LogP contribution in [0.25, 0.3) is 33.1 Å². The van der Waals surface area contributed by atoms with Gasteiger partial charge in [0, 0.05) is 12.4 Å². The van der Waals surface area contributed by atoms with E-state index in [2.05, 4.69) is 24.9 Å². The van der Waals surface area contributed by atoms with Gasteiger partial charge < -0.3 is 15.8 Å². The molecule has 0 radical (unpaired) electrons. The number of nitrogens with one attached hydrogen (secondary N) is 1. The second kappa shape index (κ2) is 9.09. The highest BCUT2D eigenvalue weighted by Gasteiger charge is 2.39. The van der Waals surface area contributed by atoms with Crippen LogP contribution in [0.1, 0.15) is 37.8 Å². The number of thiophene rings is 1. The number of carboxylic acids is 1. The quantitative estimate of drug-likeness (QED) is 0.373. The average Bonchev–Trinajstić information content (AvgIpc) is 3.52. The molecule has 34 heavy (non-hydrogen) atoms. The molecule has 7 rings (SSSR count). The van der Waals surface area contributed by atoms with Gasteiger partial charge in [-0.2, -0.15) is 0 Å². The molecule has 176 valence electrons. The van der Waals surface area contributed by atoms with Crippen molar-refractivity contribution < 1.29 is 14.3 Å². The summed E-state index contributed by atoms with van der Waals surface area (Å²) in [5.74, 6) is 0.211. The van der Waals surface area contributed by atoms with Crippen LogP contribution < -0.4 is 5.73 Å². The van der Waals surface area contributed by atoms with Crippen LogP contribution in [0.15, 0.2) is 29.9 Å². The van der Waals surface area contributed by atoms with E-state index >= 15 is 0 Å². The number of H-pyrrole nitrogens is 1. The summed E-state index contributed by atoms with van der Waals surface area (Å²) in [5, 5.41) is 10.7. The zero-order valence-corrected chi connectivity index (χ0v) is 19.5. The number of aryl methyl sites for hydroxylation is 1. The van der Waals surface area contributed by atoms with E-state index in [1.807, 2.05) is 18.4 Å². The van der Waals surface area contributed by atoms with Crippen molar-refractivity contribution in [3.63, 3.8) is 0 Å². The third-order valence-corrected chi connectivity index (χ3v) is 7.62. The lowest BCUT2D eigenvalue weighted by molar-refractivity contribution is -0.147. The predicted molar refractivity (Wildman–Crippen MR) is 129 cm³/mol.